The number of rotatable bonds is 4. The van der Waals surface area contributed by atoms with Gasteiger partial charge in [0.25, 0.3) is 0 Å². The third kappa shape index (κ3) is 2.18. The van der Waals surface area contributed by atoms with Gasteiger partial charge in [0, 0.05) is 12.6 Å². The molecule has 0 radical (unpaired) electrons. The molecule has 0 heterocycles. The minimum atomic E-state index is 0.322. The van der Waals surface area contributed by atoms with Crippen LogP contribution < -0.4 is 19.9 Å². The van der Waals surface area contributed by atoms with Gasteiger partial charge in [0.15, 0.2) is 11.5 Å². The van der Waals surface area contributed by atoms with E-state index in [-0.39, 0.29) is 0 Å². The SMILES string of the molecule is COc1cc(Br)c(OC)c(CN)c1OC. The molecule has 0 aliphatic carbocycles. The van der Waals surface area contributed by atoms with Crippen molar-refractivity contribution >= 4 is 15.9 Å². The van der Waals surface area contributed by atoms with Crippen molar-refractivity contribution in [3.63, 3.8) is 0 Å². The second-order valence-electron chi connectivity index (χ2n) is 2.81. The summed E-state index contributed by atoms with van der Waals surface area (Å²) in [5.41, 5.74) is 6.44. The van der Waals surface area contributed by atoms with Crippen molar-refractivity contribution < 1.29 is 14.2 Å². The van der Waals surface area contributed by atoms with Crippen LogP contribution >= 0.6 is 15.9 Å². The van der Waals surface area contributed by atoms with Gasteiger partial charge in [0.2, 0.25) is 0 Å². The maximum Gasteiger partial charge on any atom is 0.168 e. The van der Waals surface area contributed by atoms with Gasteiger partial charge in [0.1, 0.15) is 5.75 Å². The summed E-state index contributed by atoms with van der Waals surface area (Å²) in [5.74, 6) is 1.92. The summed E-state index contributed by atoms with van der Waals surface area (Å²) in [4.78, 5) is 0. The number of hydrogen-bond donors (Lipinski definition) is 1. The van der Waals surface area contributed by atoms with Crippen molar-refractivity contribution in [3.05, 3.63) is 16.1 Å². The number of methoxy groups -OCH3 is 3. The fourth-order valence-electron chi connectivity index (χ4n) is 1.42. The van der Waals surface area contributed by atoms with Crippen LogP contribution in [0, 0.1) is 0 Å². The summed E-state index contributed by atoms with van der Waals surface area (Å²) < 4.78 is 16.5. The standard InChI is InChI=1S/C10H14BrNO3/c1-13-8-4-7(11)9(14-2)6(5-12)10(8)15-3/h4H,5,12H2,1-3H3. The monoisotopic (exact) mass is 275 g/mol. The lowest BCUT2D eigenvalue weighted by Crippen LogP contribution is -2.05. The number of ether oxygens (including phenoxy) is 3. The molecule has 0 saturated carbocycles. The first-order chi connectivity index (χ1) is 7.19. The van der Waals surface area contributed by atoms with E-state index in [1.807, 2.05) is 0 Å². The Kier molecular flexibility index (Phi) is 4.23. The van der Waals surface area contributed by atoms with Crippen LogP contribution in [0.2, 0.25) is 0 Å². The largest absolute Gasteiger partial charge is 0.495 e. The number of hydrogen-bond acceptors (Lipinski definition) is 4. The maximum atomic E-state index is 5.66. The molecule has 0 unspecified atom stereocenters. The first kappa shape index (κ1) is 12.1. The Morgan fingerprint density at radius 2 is 1.73 bits per heavy atom. The molecular weight excluding hydrogens is 262 g/mol. The van der Waals surface area contributed by atoms with Gasteiger partial charge in [-0.25, -0.2) is 0 Å². The molecule has 84 valence electrons. The predicted octanol–water partition coefficient (Wildman–Crippen LogP) is 1.93. The zero-order valence-corrected chi connectivity index (χ0v) is 10.6. The van der Waals surface area contributed by atoms with Gasteiger partial charge >= 0.3 is 0 Å². The molecule has 0 bridgehead atoms. The molecule has 0 fully saturated rings. The van der Waals surface area contributed by atoms with Crippen LogP contribution in [0.15, 0.2) is 10.5 Å². The van der Waals surface area contributed by atoms with Gasteiger partial charge in [-0.15, -0.1) is 0 Å². The van der Waals surface area contributed by atoms with E-state index in [1.165, 1.54) is 0 Å². The normalized spacial score (nSPS) is 9.93. The van der Waals surface area contributed by atoms with Gasteiger partial charge in [-0.1, -0.05) is 0 Å². The van der Waals surface area contributed by atoms with Crippen molar-refractivity contribution in [2.45, 2.75) is 6.54 Å². The molecular formula is C10H14BrNO3. The molecule has 1 aromatic rings. The third-order valence-electron chi connectivity index (χ3n) is 2.08. The highest BCUT2D eigenvalue weighted by Crippen LogP contribution is 2.42. The van der Waals surface area contributed by atoms with E-state index in [0.29, 0.717) is 23.8 Å². The van der Waals surface area contributed by atoms with E-state index < -0.39 is 0 Å². The minimum Gasteiger partial charge on any atom is -0.495 e. The van der Waals surface area contributed by atoms with Gasteiger partial charge < -0.3 is 19.9 Å². The summed E-state index contributed by atoms with van der Waals surface area (Å²) in [7, 11) is 4.74. The highest BCUT2D eigenvalue weighted by molar-refractivity contribution is 9.10. The second kappa shape index (κ2) is 5.23. The lowest BCUT2D eigenvalue weighted by atomic mass is 10.1. The van der Waals surface area contributed by atoms with Gasteiger partial charge in [-0.05, 0) is 15.9 Å². The van der Waals surface area contributed by atoms with Crippen molar-refractivity contribution in [2.24, 2.45) is 5.73 Å². The van der Waals surface area contributed by atoms with Crippen molar-refractivity contribution in [2.75, 3.05) is 21.3 Å². The second-order valence-corrected chi connectivity index (χ2v) is 3.66. The molecule has 0 amide bonds. The summed E-state index contributed by atoms with van der Waals surface area (Å²) in [5, 5.41) is 0. The van der Waals surface area contributed by atoms with Crippen molar-refractivity contribution in [1.82, 2.24) is 0 Å². The molecule has 2 N–H and O–H groups in total. The average Bonchev–Trinajstić information content (AvgIpc) is 2.27. The van der Waals surface area contributed by atoms with Crippen LogP contribution in [0.3, 0.4) is 0 Å². The lowest BCUT2D eigenvalue weighted by Gasteiger charge is -2.16. The average molecular weight is 276 g/mol. The maximum absolute atomic E-state index is 5.66. The van der Waals surface area contributed by atoms with E-state index in [4.69, 9.17) is 19.9 Å². The first-order valence-electron chi connectivity index (χ1n) is 4.37. The highest BCUT2D eigenvalue weighted by atomic mass is 79.9. The minimum absolute atomic E-state index is 0.322. The molecule has 4 nitrogen and oxygen atoms in total. The van der Waals surface area contributed by atoms with Crippen LogP contribution in [0.5, 0.6) is 17.2 Å². The summed E-state index contributed by atoms with van der Waals surface area (Å²) >= 11 is 3.39. The highest BCUT2D eigenvalue weighted by Gasteiger charge is 2.17. The Labute approximate surface area is 97.4 Å². The van der Waals surface area contributed by atoms with Gasteiger partial charge in [0.05, 0.1) is 31.4 Å². The van der Waals surface area contributed by atoms with Gasteiger partial charge in [-0.3, -0.25) is 0 Å². The number of nitrogens with two attached hydrogens (primary N) is 1. The Hall–Kier alpha value is -0.940. The molecule has 1 rings (SSSR count). The van der Waals surface area contributed by atoms with Crippen LogP contribution in [-0.4, -0.2) is 21.3 Å². The molecule has 0 atom stereocenters. The third-order valence-corrected chi connectivity index (χ3v) is 2.67. The zero-order chi connectivity index (χ0) is 11.4. The first-order valence-corrected chi connectivity index (χ1v) is 5.16. The molecule has 0 aliphatic rings. The van der Waals surface area contributed by atoms with E-state index in [9.17, 15) is 0 Å². The van der Waals surface area contributed by atoms with Crippen LogP contribution in [0.4, 0.5) is 0 Å². The van der Waals surface area contributed by atoms with E-state index in [2.05, 4.69) is 15.9 Å². The van der Waals surface area contributed by atoms with Crippen LogP contribution in [-0.2, 0) is 6.54 Å². The summed E-state index contributed by atoms with van der Waals surface area (Å²) in [6.07, 6.45) is 0. The Morgan fingerprint density at radius 1 is 1.13 bits per heavy atom. The Balaban J connectivity index is 3.44. The number of benzene rings is 1. The molecule has 5 heteroatoms. The summed E-state index contributed by atoms with van der Waals surface area (Å²) in [6, 6.07) is 1.79. The predicted molar refractivity (Wildman–Crippen MR) is 61.7 cm³/mol. The number of halogens is 1. The van der Waals surface area contributed by atoms with Crippen LogP contribution in [0.1, 0.15) is 5.56 Å². The zero-order valence-electron chi connectivity index (χ0n) is 8.96. The smallest absolute Gasteiger partial charge is 0.168 e. The van der Waals surface area contributed by atoms with E-state index in [1.54, 1.807) is 27.4 Å². The molecule has 0 saturated heterocycles. The molecule has 0 aliphatic heterocycles. The fraction of sp³-hybridized carbons (Fsp3) is 0.400. The van der Waals surface area contributed by atoms with Gasteiger partial charge in [-0.2, -0.15) is 0 Å². The van der Waals surface area contributed by atoms with Crippen molar-refractivity contribution in [1.29, 1.82) is 0 Å². The molecule has 0 spiro atoms. The van der Waals surface area contributed by atoms with E-state index >= 15 is 0 Å². The fourth-order valence-corrected chi connectivity index (χ4v) is 2.03. The quantitative estimate of drug-likeness (QED) is 0.913. The van der Waals surface area contributed by atoms with E-state index in [0.717, 1.165) is 10.0 Å². The lowest BCUT2D eigenvalue weighted by molar-refractivity contribution is 0.343. The van der Waals surface area contributed by atoms with Crippen LogP contribution in [0.25, 0.3) is 0 Å². The van der Waals surface area contributed by atoms with Crippen molar-refractivity contribution in [3.8, 4) is 17.2 Å². The molecule has 15 heavy (non-hydrogen) atoms. The Morgan fingerprint density at radius 3 is 2.13 bits per heavy atom. The topological polar surface area (TPSA) is 53.7 Å². The summed E-state index contributed by atoms with van der Waals surface area (Å²) in [6.45, 7) is 0.322. The molecule has 1 aromatic carbocycles. The Bertz CT molecular complexity index is 355. The molecule has 0 aromatic heterocycles.